The Labute approximate surface area is 184 Å². The molecule has 0 fully saturated rings. The molecule has 4 aromatic rings. The third-order valence-electron chi connectivity index (χ3n) is 5.95. The fourth-order valence-electron chi connectivity index (χ4n) is 4.40. The SMILES string of the molecule is C[C@H]1c2nn(C)c(-c3ccc(F)c(Cl)c3)c2CCN1C(=O)c1ccc2ncccc2c1. The van der Waals surface area contributed by atoms with E-state index in [1.165, 1.54) is 6.07 Å². The topological polar surface area (TPSA) is 51.0 Å². The van der Waals surface area contributed by atoms with E-state index in [1.807, 2.05) is 49.2 Å². The number of benzene rings is 2. The fourth-order valence-corrected chi connectivity index (χ4v) is 4.58. The van der Waals surface area contributed by atoms with E-state index in [-0.39, 0.29) is 17.0 Å². The van der Waals surface area contributed by atoms with E-state index in [9.17, 15) is 9.18 Å². The van der Waals surface area contributed by atoms with Crippen LogP contribution in [0.4, 0.5) is 4.39 Å². The van der Waals surface area contributed by atoms with Crippen LogP contribution in [0, 0.1) is 5.82 Å². The van der Waals surface area contributed by atoms with Gasteiger partial charge in [0, 0.05) is 41.9 Å². The first kappa shape index (κ1) is 19.7. The van der Waals surface area contributed by atoms with E-state index in [0.29, 0.717) is 18.5 Å². The average Bonchev–Trinajstić information content (AvgIpc) is 3.12. The molecule has 0 unspecified atom stereocenters. The Kier molecular flexibility index (Phi) is 4.74. The van der Waals surface area contributed by atoms with Gasteiger partial charge >= 0.3 is 0 Å². The average molecular weight is 435 g/mol. The number of fused-ring (bicyclic) bond motifs is 2. The van der Waals surface area contributed by atoms with Gasteiger partial charge in [-0.1, -0.05) is 17.7 Å². The summed E-state index contributed by atoms with van der Waals surface area (Å²) in [6.45, 7) is 2.57. The number of aryl methyl sites for hydroxylation is 1. The van der Waals surface area contributed by atoms with Gasteiger partial charge in [0.1, 0.15) is 5.82 Å². The molecular formula is C24H20ClFN4O. The number of rotatable bonds is 2. The molecule has 0 spiro atoms. The highest BCUT2D eigenvalue weighted by molar-refractivity contribution is 6.31. The summed E-state index contributed by atoms with van der Waals surface area (Å²) >= 11 is 6.01. The molecule has 2 aromatic carbocycles. The zero-order valence-corrected chi connectivity index (χ0v) is 17.9. The lowest BCUT2D eigenvalue weighted by Gasteiger charge is -2.33. The van der Waals surface area contributed by atoms with Gasteiger partial charge in [0.2, 0.25) is 0 Å². The van der Waals surface area contributed by atoms with E-state index in [2.05, 4.69) is 4.98 Å². The Hall–Kier alpha value is -3.25. The molecule has 0 aliphatic carbocycles. The van der Waals surface area contributed by atoms with Gasteiger partial charge in [-0.2, -0.15) is 5.10 Å². The minimum atomic E-state index is -0.447. The predicted molar refractivity (Wildman–Crippen MR) is 119 cm³/mol. The van der Waals surface area contributed by atoms with Crippen LogP contribution >= 0.6 is 11.6 Å². The van der Waals surface area contributed by atoms with Gasteiger partial charge in [-0.05, 0) is 55.8 Å². The molecule has 0 N–H and O–H groups in total. The van der Waals surface area contributed by atoms with E-state index in [0.717, 1.165) is 33.4 Å². The van der Waals surface area contributed by atoms with Crippen LogP contribution in [0.3, 0.4) is 0 Å². The molecule has 156 valence electrons. The summed E-state index contributed by atoms with van der Waals surface area (Å²) in [5.74, 6) is -0.474. The van der Waals surface area contributed by atoms with Crippen LogP contribution in [0.5, 0.6) is 0 Å². The molecule has 1 atom stereocenters. The highest BCUT2D eigenvalue weighted by Gasteiger charge is 2.33. The smallest absolute Gasteiger partial charge is 0.254 e. The second-order valence-electron chi connectivity index (χ2n) is 7.80. The number of pyridine rings is 1. The fraction of sp³-hybridized carbons (Fsp3) is 0.208. The maximum absolute atomic E-state index is 13.6. The summed E-state index contributed by atoms with van der Waals surface area (Å²) in [4.78, 5) is 19.5. The Morgan fingerprint density at radius 1 is 1.19 bits per heavy atom. The number of hydrogen-bond acceptors (Lipinski definition) is 3. The molecule has 31 heavy (non-hydrogen) atoms. The molecule has 1 aliphatic heterocycles. The summed E-state index contributed by atoms with van der Waals surface area (Å²) in [6.07, 6.45) is 2.41. The Morgan fingerprint density at radius 3 is 2.84 bits per heavy atom. The molecule has 0 radical (unpaired) electrons. The maximum Gasteiger partial charge on any atom is 0.254 e. The van der Waals surface area contributed by atoms with E-state index in [4.69, 9.17) is 16.7 Å². The van der Waals surface area contributed by atoms with Crippen LogP contribution in [0.1, 0.15) is 34.6 Å². The minimum Gasteiger partial charge on any atom is -0.330 e. The van der Waals surface area contributed by atoms with Crippen molar-refractivity contribution in [2.75, 3.05) is 6.54 Å². The number of hydrogen-bond donors (Lipinski definition) is 0. The van der Waals surface area contributed by atoms with Crippen LogP contribution < -0.4 is 0 Å². The normalized spacial score (nSPS) is 15.9. The van der Waals surface area contributed by atoms with Crippen molar-refractivity contribution >= 4 is 28.4 Å². The Morgan fingerprint density at radius 2 is 2.03 bits per heavy atom. The van der Waals surface area contributed by atoms with Gasteiger partial charge in [-0.15, -0.1) is 0 Å². The molecule has 0 saturated carbocycles. The van der Waals surface area contributed by atoms with E-state index in [1.54, 1.807) is 23.0 Å². The van der Waals surface area contributed by atoms with E-state index >= 15 is 0 Å². The molecule has 1 aliphatic rings. The zero-order valence-electron chi connectivity index (χ0n) is 17.1. The second kappa shape index (κ2) is 7.46. The first-order valence-electron chi connectivity index (χ1n) is 10.1. The second-order valence-corrected chi connectivity index (χ2v) is 8.21. The molecule has 0 bridgehead atoms. The first-order chi connectivity index (χ1) is 14.9. The minimum absolute atomic E-state index is 0.0269. The van der Waals surface area contributed by atoms with Gasteiger partial charge in [0.05, 0.1) is 28.0 Å². The van der Waals surface area contributed by atoms with Crippen molar-refractivity contribution in [1.29, 1.82) is 0 Å². The van der Waals surface area contributed by atoms with Gasteiger partial charge in [-0.25, -0.2) is 4.39 Å². The molecule has 1 amide bonds. The lowest BCUT2D eigenvalue weighted by atomic mass is 9.95. The van der Waals surface area contributed by atoms with Crippen LogP contribution in [0.25, 0.3) is 22.2 Å². The third kappa shape index (κ3) is 3.27. The number of nitrogens with zero attached hydrogens (tertiary/aromatic N) is 4. The summed E-state index contributed by atoms with van der Waals surface area (Å²) in [6, 6.07) is 13.9. The largest absolute Gasteiger partial charge is 0.330 e. The lowest BCUT2D eigenvalue weighted by Crippen LogP contribution is -2.38. The highest BCUT2D eigenvalue weighted by Crippen LogP contribution is 2.37. The zero-order chi connectivity index (χ0) is 21.7. The van der Waals surface area contributed by atoms with Crippen LogP contribution in [0.15, 0.2) is 54.7 Å². The maximum atomic E-state index is 13.6. The molecular weight excluding hydrogens is 415 g/mol. The Bertz CT molecular complexity index is 1330. The monoisotopic (exact) mass is 434 g/mol. The molecule has 2 aromatic heterocycles. The summed E-state index contributed by atoms with van der Waals surface area (Å²) in [5, 5.41) is 5.73. The molecule has 5 nitrogen and oxygen atoms in total. The number of amides is 1. The quantitative estimate of drug-likeness (QED) is 0.436. The molecule has 0 saturated heterocycles. The third-order valence-corrected chi connectivity index (χ3v) is 6.24. The van der Waals surface area contributed by atoms with Crippen molar-refractivity contribution in [2.24, 2.45) is 7.05 Å². The van der Waals surface area contributed by atoms with E-state index < -0.39 is 5.82 Å². The summed E-state index contributed by atoms with van der Waals surface area (Å²) in [5.41, 5.74) is 5.16. The van der Waals surface area contributed by atoms with Crippen molar-refractivity contribution in [3.63, 3.8) is 0 Å². The van der Waals surface area contributed by atoms with Gasteiger partial charge < -0.3 is 4.90 Å². The summed E-state index contributed by atoms with van der Waals surface area (Å²) in [7, 11) is 1.86. The number of aromatic nitrogens is 3. The summed E-state index contributed by atoms with van der Waals surface area (Å²) < 4.78 is 15.4. The lowest BCUT2D eigenvalue weighted by molar-refractivity contribution is 0.0674. The van der Waals surface area contributed by atoms with Crippen LogP contribution in [0.2, 0.25) is 5.02 Å². The van der Waals surface area contributed by atoms with Crippen molar-refractivity contribution in [1.82, 2.24) is 19.7 Å². The van der Waals surface area contributed by atoms with Crippen molar-refractivity contribution < 1.29 is 9.18 Å². The number of carbonyl (C=O) groups is 1. The first-order valence-corrected chi connectivity index (χ1v) is 10.5. The van der Waals surface area contributed by atoms with Gasteiger partial charge in [0.15, 0.2) is 0 Å². The van der Waals surface area contributed by atoms with Gasteiger partial charge in [-0.3, -0.25) is 14.5 Å². The predicted octanol–water partition coefficient (Wildman–Crippen LogP) is 5.19. The molecule has 7 heteroatoms. The van der Waals surface area contributed by atoms with Crippen molar-refractivity contribution in [3.05, 3.63) is 82.4 Å². The molecule has 3 heterocycles. The highest BCUT2D eigenvalue weighted by atomic mass is 35.5. The number of carbonyl (C=O) groups excluding carboxylic acids is 1. The van der Waals surface area contributed by atoms with Crippen LogP contribution in [-0.2, 0) is 13.5 Å². The Balaban J connectivity index is 1.49. The van der Waals surface area contributed by atoms with Gasteiger partial charge in [0.25, 0.3) is 5.91 Å². The van der Waals surface area contributed by atoms with Crippen molar-refractivity contribution in [2.45, 2.75) is 19.4 Å². The molecule has 5 rings (SSSR count). The van der Waals surface area contributed by atoms with Crippen LogP contribution in [-0.4, -0.2) is 32.1 Å². The standard InChI is InChI=1S/C24H20ClFN4O/c1-14-22-18(23(29(2)28-22)16-5-7-20(26)19(25)13-16)9-11-30(14)24(31)17-6-8-21-15(12-17)4-3-10-27-21/h3-8,10,12-14H,9,11H2,1-2H3/t14-/m0/s1. The van der Waals surface area contributed by atoms with Crippen molar-refractivity contribution in [3.8, 4) is 11.3 Å². The number of halogens is 2.